The molecule has 3 heterocycles. The minimum Gasteiger partial charge on any atom is -0.493 e. The van der Waals surface area contributed by atoms with E-state index in [0.29, 0.717) is 48.3 Å². The van der Waals surface area contributed by atoms with E-state index in [9.17, 15) is 10.1 Å². The van der Waals surface area contributed by atoms with E-state index in [-0.39, 0.29) is 17.1 Å². The summed E-state index contributed by atoms with van der Waals surface area (Å²) in [6, 6.07) is 5.86. The molecule has 30 heavy (non-hydrogen) atoms. The van der Waals surface area contributed by atoms with Crippen LogP contribution in [0.3, 0.4) is 0 Å². The number of pyridine rings is 1. The fraction of sp³-hybridized carbons (Fsp3) is 0.545. The molecule has 1 aromatic carbocycles. The molecule has 1 atom stereocenters. The molecule has 0 radical (unpaired) electrons. The van der Waals surface area contributed by atoms with E-state index in [4.69, 9.17) is 18.9 Å². The van der Waals surface area contributed by atoms with Crippen LogP contribution in [0.5, 0.6) is 11.5 Å². The zero-order chi connectivity index (χ0) is 20.8. The number of ether oxygens (including phenoxy) is 4. The summed E-state index contributed by atoms with van der Waals surface area (Å²) in [5.41, 5.74) is 0.333. The Labute approximate surface area is 175 Å². The Balaban J connectivity index is 1.51. The lowest BCUT2D eigenvalue weighted by molar-refractivity contribution is 0.0261. The molecule has 0 saturated carbocycles. The van der Waals surface area contributed by atoms with Gasteiger partial charge in [0, 0.05) is 43.8 Å². The van der Waals surface area contributed by atoms with Crippen molar-refractivity contribution in [3.05, 3.63) is 34.1 Å². The first kappa shape index (κ1) is 20.7. The zero-order valence-corrected chi connectivity index (χ0v) is 16.9. The van der Waals surface area contributed by atoms with E-state index < -0.39 is 0 Å². The van der Waals surface area contributed by atoms with Crippen molar-refractivity contribution in [2.75, 3.05) is 39.6 Å². The minimum atomic E-state index is -0.330. The average Bonchev–Trinajstić information content (AvgIpc) is 2.78. The molecule has 2 N–H and O–H groups in total. The van der Waals surface area contributed by atoms with Crippen LogP contribution in [0, 0.1) is 11.3 Å². The van der Waals surface area contributed by atoms with Gasteiger partial charge in [-0.3, -0.25) is 4.79 Å². The third-order valence-electron chi connectivity index (χ3n) is 5.47. The van der Waals surface area contributed by atoms with Crippen LogP contribution in [0.2, 0.25) is 0 Å². The first-order chi connectivity index (χ1) is 14.7. The molecule has 0 aliphatic carbocycles. The Morgan fingerprint density at radius 3 is 2.83 bits per heavy atom. The molecule has 2 saturated heterocycles. The molecular formula is C22H27N3O5. The normalized spacial score (nSPS) is 20.0. The summed E-state index contributed by atoms with van der Waals surface area (Å²) in [7, 11) is 0. The number of nitrogens with one attached hydrogen (secondary N) is 2. The zero-order valence-electron chi connectivity index (χ0n) is 16.9. The van der Waals surface area contributed by atoms with Gasteiger partial charge in [-0.05, 0) is 12.8 Å². The van der Waals surface area contributed by atoms with Crippen LogP contribution in [0.1, 0.15) is 31.2 Å². The Morgan fingerprint density at radius 2 is 2.07 bits per heavy atom. The van der Waals surface area contributed by atoms with Gasteiger partial charge in [0.2, 0.25) is 5.43 Å². The van der Waals surface area contributed by atoms with Gasteiger partial charge in [-0.1, -0.05) is 0 Å². The molecule has 160 valence electrons. The second kappa shape index (κ2) is 9.94. The third-order valence-corrected chi connectivity index (χ3v) is 5.47. The predicted octanol–water partition coefficient (Wildman–Crippen LogP) is 2.10. The number of hydrogen-bond acceptors (Lipinski definition) is 7. The molecule has 1 unspecified atom stereocenters. The Morgan fingerprint density at radius 1 is 1.20 bits per heavy atom. The fourth-order valence-corrected chi connectivity index (χ4v) is 3.85. The summed E-state index contributed by atoms with van der Waals surface area (Å²) in [6.07, 6.45) is 4.79. The van der Waals surface area contributed by atoms with E-state index in [1.807, 2.05) is 6.07 Å². The van der Waals surface area contributed by atoms with E-state index in [1.165, 1.54) is 6.20 Å². The molecule has 2 fully saturated rings. The Bertz CT molecular complexity index is 956. The minimum absolute atomic E-state index is 0.0280. The topological polar surface area (TPSA) is 106 Å². The van der Waals surface area contributed by atoms with Gasteiger partial charge in [-0.25, -0.2) is 0 Å². The highest BCUT2D eigenvalue weighted by molar-refractivity contribution is 5.87. The summed E-state index contributed by atoms with van der Waals surface area (Å²) in [5, 5.41) is 13.1. The van der Waals surface area contributed by atoms with Gasteiger partial charge < -0.3 is 29.2 Å². The Hall–Kier alpha value is -2.60. The lowest BCUT2D eigenvalue weighted by Crippen LogP contribution is -2.41. The summed E-state index contributed by atoms with van der Waals surface area (Å²) < 4.78 is 23.0. The maximum atomic E-state index is 12.8. The van der Waals surface area contributed by atoms with Crippen LogP contribution in [-0.2, 0) is 9.47 Å². The van der Waals surface area contributed by atoms with Crippen molar-refractivity contribution < 1.29 is 18.9 Å². The standard InChI is InChI=1S/C22H27N3O5/c23-12-15-13-25-19-10-18(29-6-1-2-16-14-28-9-5-24-16)11-20(21(19)22(15)26)30-17-3-7-27-8-4-17/h10-11,13,16-17,24H,1-9,14H2,(H,25,26). The SMILES string of the molecule is N#Cc1c[nH]c2cc(OCCCC3COCCN3)cc(OC3CCOCC3)c2c1=O. The predicted molar refractivity (Wildman–Crippen MR) is 111 cm³/mol. The van der Waals surface area contributed by atoms with E-state index in [2.05, 4.69) is 10.3 Å². The van der Waals surface area contributed by atoms with Gasteiger partial charge in [0.25, 0.3) is 0 Å². The van der Waals surface area contributed by atoms with Crippen LogP contribution < -0.4 is 20.2 Å². The summed E-state index contributed by atoms with van der Waals surface area (Å²) >= 11 is 0. The number of nitriles is 1. The molecule has 0 amide bonds. The van der Waals surface area contributed by atoms with Crippen molar-refractivity contribution in [1.82, 2.24) is 10.3 Å². The molecule has 0 bridgehead atoms. The first-order valence-corrected chi connectivity index (χ1v) is 10.5. The van der Waals surface area contributed by atoms with Crippen molar-refractivity contribution >= 4 is 10.9 Å². The van der Waals surface area contributed by atoms with Crippen LogP contribution >= 0.6 is 0 Å². The van der Waals surface area contributed by atoms with Crippen LogP contribution in [0.4, 0.5) is 0 Å². The van der Waals surface area contributed by atoms with Gasteiger partial charge in [-0.15, -0.1) is 0 Å². The highest BCUT2D eigenvalue weighted by Gasteiger charge is 2.20. The molecule has 1 aromatic heterocycles. The van der Waals surface area contributed by atoms with Crippen LogP contribution in [0.15, 0.2) is 23.1 Å². The third kappa shape index (κ3) is 4.93. The first-order valence-electron chi connectivity index (χ1n) is 10.5. The maximum absolute atomic E-state index is 12.8. The van der Waals surface area contributed by atoms with E-state index >= 15 is 0 Å². The van der Waals surface area contributed by atoms with E-state index in [0.717, 1.165) is 45.4 Å². The lowest BCUT2D eigenvalue weighted by Gasteiger charge is -2.24. The van der Waals surface area contributed by atoms with Gasteiger partial charge in [0.05, 0.1) is 43.9 Å². The smallest absolute Gasteiger partial charge is 0.210 e. The van der Waals surface area contributed by atoms with Crippen molar-refractivity contribution in [3.63, 3.8) is 0 Å². The van der Waals surface area contributed by atoms with Gasteiger partial charge in [-0.2, -0.15) is 5.26 Å². The van der Waals surface area contributed by atoms with Crippen molar-refractivity contribution in [2.45, 2.75) is 37.8 Å². The quantitative estimate of drug-likeness (QED) is 0.670. The van der Waals surface area contributed by atoms with Crippen LogP contribution in [-0.4, -0.2) is 56.7 Å². The van der Waals surface area contributed by atoms with Crippen molar-refractivity contribution in [1.29, 1.82) is 5.26 Å². The molecule has 4 rings (SSSR count). The summed E-state index contributed by atoms with van der Waals surface area (Å²) in [5.74, 6) is 1.09. The van der Waals surface area contributed by atoms with Gasteiger partial charge in [0.15, 0.2) is 0 Å². The second-order valence-corrected chi connectivity index (χ2v) is 7.63. The second-order valence-electron chi connectivity index (χ2n) is 7.63. The fourth-order valence-electron chi connectivity index (χ4n) is 3.85. The van der Waals surface area contributed by atoms with Crippen molar-refractivity contribution in [3.8, 4) is 17.6 Å². The molecule has 8 heteroatoms. The monoisotopic (exact) mass is 413 g/mol. The molecule has 2 aliphatic heterocycles. The molecule has 2 aromatic rings. The average molecular weight is 413 g/mol. The number of hydrogen-bond donors (Lipinski definition) is 2. The number of H-pyrrole nitrogens is 1. The number of benzene rings is 1. The number of rotatable bonds is 7. The van der Waals surface area contributed by atoms with Crippen molar-refractivity contribution in [2.24, 2.45) is 0 Å². The Kier molecular flexibility index (Phi) is 6.84. The van der Waals surface area contributed by atoms with Crippen LogP contribution in [0.25, 0.3) is 10.9 Å². The number of aromatic nitrogens is 1. The molecular weight excluding hydrogens is 386 g/mol. The lowest BCUT2D eigenvalue weighted by atomic mass is 10.1. The largest absolute Gasteiger partial charge is 0.493 e. The number of nitrogens with zero attached hydrogens (tertiary/aromatic N) is 1. The van der Waals surface area contributed by atoms with Gasteiger partial charge in [0.1, 0.15) is 29.2 Å². The number of aromatic amines is 1. The summed E-state index contributed by atoms with van der Waals surface area (Å²) in [6.45, 7) is 4.23. The highest BCUT2D eigenvalue weighted by atomic mass is 16.5. The van der Waals surface area contributed by atoms with Gasteiger partial charge >= 0.3 is 0 Å². The highest BCUT2D eigenvalue weighted by Crippen LogP contribution is 2.30. The maximum Gasteiger partial charge on any atom is 0.210 e. The molecule has 0 spiro atoms. The van der Waals surface area contributed by atoms with E-state index in [1.54, 1.807) is 12.1 Å². The summed E-state index contributed by atoms with van der Waals surface area (Å²) in [4.78, 5) is 15.8. The number of fused-ring (bicyclic) bond motifs is 1. The molecule has 2 aliphatic rings. The molecule has 8 nitrogen and oxygen atoms in total. The number of morpholine rings is 1.